The van der Waals surface area contributed by atoms with E-state index in [9.17, 15) is 14.4 Å². The summed E-state index contributed by atoms with van der Waals surface area (Å²) in [6, 6.07) is 0. The zero-order valence-electron chi connectivity index (χ0n) is 15.6. The highest BCUT2D eigenvalue weighted by Crippen LogP contribution is 2.06. The topological polar surface area (TPSA) is 94.1 Å². The van der Waals surface area contributed by atoms with E-state index in [4.69, 9.17) is 0 Å². The number of carbonyl (C=O) groups is 3. The molecule has 0 amide bonds. The number of nitrogens with one attached hydrogen (secondary N) is 1. The minimum absolute atomic E-state index is 0.371. The summed E-state index contributed by atoms with van der Waals surface area (Å²) in [5.41, 5.74) is 3.26. The smallest absolute Gasteiger partial charge is 0.374 e. The van der Waals surface area contributed by atoms with Crippen molar-refractivity contribution in [1.82, 2.24) is 5.43 Å². The maximum Gasteiger partial charge on any atom is 0.374 e. The van der Waals surface area contributed by atoms with Gasteiger partial charge >= 0.3 is 11.9 Å². The van der Waals surface area contributed by atoms with Crippen LogP contribution in [0.4, 0.5) is 0 Å². The molecule has 0 saturated heterocycles. The Kier molecular flexibility index (Phi) is 17.7. The quantitative estimate of drug-likeness (QED) is 0.204. The monoisotopic (exact) mass is 344 g/mol. The first-order valence-electron chi connectivity index (χ1n) is 8.34. The van der Waals surface area contributed by atoms with E-state index in [1.807, 2.05) is 0 Å². The molecule has 0 aromatic carbocycles. The zero-order chi connectivity index (χ0) is 18.8. The van der Waals surface area contributed by atoms with Gasteiger partial charge in [-0.05, 0) is 13.3 Å². The van der Waals surface area contributed by atoms with Crippen LogP contribution < -0.4 is 5.43 Å². The highest BCUT2D eigenvalue weighted by molar-refractivity contribution is 6.35. The molecule has 0 aromatic rings. The van der Waals surface area contributed by atoms with Crippen molar-refractivity contribution in [3.05, 3.63) is 0 Å². The van der Waals surface area contributed by atoms with Crippen molar-refractivity contribution in [2.45, 2.75) is 65.7 Å². The summed E-state index contributed by atoms with van der Waals surface area (Å²) >= 11 is 0. The van der Waals surface area contributed by atoms with Crippen molar-refractivity contribution < 1.29 is 23.9 Å². The van der Waals surface area contributed by atoms with Gasteiger partial charge in [0.2, 0.25) is 5.78 Å². The van der Waals surface area contributed by atoms with Crippen LogP contribution in [0.5, 0.6) is 0 Å². The van der Waals surface area contributed by atoms with Gasteiger partial charge in [-0.3, -0.25) is 4.79 Å². The van der Waals surface area contributed by atoms with Gasteiger partial charge in [0.05, 0.1) is 14.2 Å². The van der Waals surface area contributed by atoms with Gasteiger partial charge in [-0.15, -0.1) is 0 Å². The number of esters is 2. The van der Waals surface area contributed by atoms with Crippen LogP contribution in [0, 0.1) is 0 Å². The lowest BCUT2D eigenvalue weighted by atomic mass is 10.1. The number of rotatable bonds is 11. The van der Waals surface area contributed by atoms with Crippen LogP contribution in [0.3, 0.4) is 0 Å². The molecule has 140 valence electrons. The molecule has 0 rings (SSSR count). The van der Waals surface area contributed by atoms with Crippen molar-refractivity contribution in [3.8, 4) is 0 Å². The standard InChI is InChI=1S/C13H26N2O2.C4H6O3/c1-4-5-6-7-8-9-10-11-14-15-12(2)13(16)17-3;1-3(5)4(6)7-2/h14H,4-11H2,1-3H3;1-2H3. The molecular weight excluding hydrogens is 312 g/mol. The predicted octanol–water partition coefficient (Wildman–Crippen LogP) is 2.62. The van der Waals surface area contributed by atoms with E-state index in [1.54, 1.807) is 6.92 Å². The SMILES string of the molecule is CCCCCCCCCNN=C(C)C(=O)OC.COC(=O)C(C)=O. The van der Waals surface area contributed by atoms with E-state index in [1.165, 1.54) is 52.7 Å². The van der Waals surface area contributed by atoms with Gasteiger partial charge in [-0.25, -0.2) is 9.59 Å². The second-order valence-corrected chi connectivity index (χ2v) is 5.27. The number of Topliss-reactive ketones (excluding diaryl/α,β-unsaturated/α-hetero) is 1. The summed E-state index contributed by atoms with van der Waals surface area (Å²) in [5, 5.41) is 3.93. The predicted molar refractivity (Wildman–Crippen MR) is 93.8 cm³/mol. The van der Waals surface area contributed by atoms with Crippen LogP contribution in [0.25, 0.3) is 0 Å². The molecule has 7 nitrogen and oxygen atoms in total. The molecule has 0 saturated carbocycles. The molecule has 0 atom stereocenters. The van der Waals surface area contributed by atoms with Crippen LogP contribution in [-0.2, 0) is 23.9 Å². The molecule has 0 spiro atoms. The summed E-state index contributed by atoms with van der Waals surface area (Å²) < 4.78 is 8.56. The third kappa shape index (κ3) is 16.5. The number of ketones is 1. The molecule has 24 heavy (non-hydrogen) atoms. The average Bonchev–Trinajstić information content (AvgIpc) is 2.58. The Morgan fingerprint density at radius 1 is 0.833 bits per heavy atom. The van der Waals surface area contributed by atoms with Gasteiger partial charge in [0.1, 0.15) is 5.71 Å². The molecule has 0 radical (unpaired) electrons. The molecule has 0 aromatic heterocycles. The van der Waals surface area contributed by atoms with Gasteiger partial charge < -0.3 is 14.9 Å². The number of nitrogens with zero attached hydrogens (tertiary/aromatic N) is 1. The van der Waals surface area contributed by atoms with E-state index in [0.717, 1.165) is 19.9 Å². The molecule has 1 N–H and O–H groups in total. The Hall–Kier alpha value is -1.92. The molecular formula is C17H32N2O5. The summed E-state index contributed by atoms with van der Waals surface area (Å²) in [6.07, 6.45) is 8.95. The number of methoxy groups -OCH3 is 2. The van der Waals surface area contributed by atoms with Crippen LogP contribution in [0.2, 0.25) is 0 Å². The maximum absolute atomic E-state index is 11.0. The van der Waals surface area contributed by atoms with Crippen molar-refractivity contribution >= 4 is 23.4 Å². The van der Waals surface area contributed by atoms with E-state index >= 15 is 0 Å². The van der Waals surface area contributed by atoms with E-state index in [2.05, 4.69) is 26.9 Å². The number of carbonyl (C=O) groups excluding carboxylic acids is 3. The zero-order valence-corrected chi connectivity index (χ0v) is 15.6. The summed E-state index contributed by atoms with van der Waals surface area (Å²) in [6.45, 7) is 5.85. The fraction of sp³-hybridized carbons (Fsp3) is 0.765. The van der Waals surface area contributed by atoms with Crippen molar-refractivity contribution in [2.75, 3.05) is 20.8 Å². The Bertz CT molecular complexity index is 394. The second-order valence-electron chi connectivity index (χ2n) is 5.27. The normalized spacial score (nSPS) is 10.3. The number of hydrogen-bond donors (Lipinski definition) is 1. The Morgan fingerprint density at radius 2 is 1.33 bits per heavy atom. The van der Waals surface area contributed by atoms with Crippen LogP contribution in [0.15, 0.2) is 5.10 Å². The number of unbranched alkanes of at least 4 members (excludes halogenated alkanes) is 6. The van der Waals surface area contributed by atoms with Crippen molar-refractivity contribution in [1.29, 1.82) is 0 Å². The second kappa shape index (κ2) is 17.4. The van der Waals surface area contributed by atoms with Crippen LogP contribution >= 0.6 is 0 Å². The molecule has 0 unspecified atom stereocenters. The third-order valence-electron chi connectivity index (χ3n) is 3.09. The minimum Gasteiger partial charge on any atom is -0.464 e. The van der Waals surface area contributed by atoms with Crippen molar-refractivity contribution in [3.63, 3.8) is 0 Å². The first-order valence-corrected chi connectivity index (χ1v) is 8.34. The Labute approximate surface area is 145 Å². The summed E-state index contributed by atoms with van der Waals surface area (Å²) in [5.74, 6) is -1.74. The first-order chi connectivity index (χ1) is 11.4. The fourth-order valence-corrected chi connectivity index (χ4v) is 1.67. The minimum atomic E-state index is -0.792. The highest BCUT2D eigenvalue weighted by atomic mass is 16.5. The molecule has 0 aliphatic carbocycles. The van der Waals surface area contributed by atoms with Crippen LogP contribution in [0.1, 0.15) is 65.7 Å². The first kappa shape index (κ1) is 24.3. The maximum atomic E-state index is 11.0. The van der Waals surface area contributed by atoms with E-state index < -0.39 is 11.8 Å². The largest absolute Gasteiger partial charge is 0.464 e. The fourth-order valence-electron chi connectivity index (χ4n) is 1.67. The number of hydrazone groups is 1. The molecule has 0 aliphatic rings. The lowest BCUT2D eigenvalue weighted by Gasteiger charge is -2.02. The summed E-state index contributed by atoms with van der Waals surface area (Å²) in [7, 11) is 2.53. The van der Waals surface area contributed by atoms with Gasteiger partial charge in [0.15, 0.2) is 0 Å². The van der Waals surface area contributed by atoms with Gasteiger partial charge in [0.25, 0.3) is 0 Å². The van der Waals surface area contributed by atoms with Crippen LogP contribution in [-0.4, -0.2) is 44.2 Å². The van der Waals surface area contributed by atoms with E-state index in [-0.39, 0.29) is 5.97 Å². The highest BCUT2D eigenvalue weighted by Gasteiger charge is 2.04. The molecule has 0 fully saturated rings. The lowest BCUT2D eigenvalue weighted by Crippen LogP contribution is -2.17. The van der Waals surface area contributed by atoms with Gasteiger partial charge in [-0.1, -0.05) is 45.4 Å². The van der Waals surface area contributed by atoms with Gasteiger partial charge in [0, 0.05) is 13.5 Å². The number of ether oxygens (including phenoxy) is 2. The average molecular weight is 344 g/mol. The lowest BCUT2D eigenvalue weighted by molar-refractivity contribution is -0.150. The molecule has 7 heteroatoms. The third-order valence-corrected chi connectivity index (χ3v) is 3.09. The van der Waals surface area contributed by atoms with E-state index in [0.29, 0.717) is 5.71 Å². The Balaban J connectivity index is 0. The Morgan fingerprint density at radius 3 is 1.75 bits per heavy atom. The van der Waals surface area contributed by atoms with Gasteiger partial charge in [-0.2, -0.15) is 5.10 Å². The van der Waals surface area contributed by atoms with Crippen molar-refractivity contribution in [2.24, 2.45) is 5.10 Å². The molecule has 0 heterocycles. The molecule has 0 aliphatic heterocycles. The number of hydrogen-bond acceptors (Lipinski definition) is 7. The summed E-state index contributed by atoms with van der Waals surface area (Å²) in [4.78, 5) is 30.8. The molecule has 0 bridgehead atoms.